The third-order valence-electron chi connectivity index (χ3n) is 3.09. The lowest BCUT2D eigenvalue weighted by Crippen LogP contribution is -2.25. The van der Waals surface area contributed by atoms with Crippen molar-refractivity contribution < 1.29 is 0 Å². The van der Waals surface area contributed by atoms with Crippen LogP contribution >= 0.6 is 11.8 Å². The van der Waals surface area contributed by atoms with Gasteiger partial charge in [0.1, 0.15) is 5.84 Å². The molecule has 92 valence electrons. The van der Waals surface area contributed by atoms with Gasteiger partial charge in [-0.15, -0.1) is 0 Å². The minimum absolute atomic E-state index is 0.153. The summed E-state index contributed by atoms with van der Waals surface area (Å²) in [4.78, 5) is 2.43. The molecule has 0 aliphatic carbocycles. The number of thioether (sulfide) groups is 1. The van der Waals surface area contributed by atoms with E-state index in [2.05, 4.69) is 17.0 Å². The van der Waals surface area contributed by atoms with E-state index in [9.17, 15) is 0 Å². The summed E-state index contributed by atoms with van der Waals surface area (Å²) in [7, 11) is 0. The molecule has 17 heavy (non-hydrogen) atoms. The Hall–Kier alpha value is -1.16. The van der Waals surface area contributed by atoms with Crippen molar-refractivity contribution in [2.45, 2.75) is 13.3 Å². The molecule has 4 heteroatoms. The summed E-state index contributed by atoms with van der Waals surface area (Å²) in [6.45, 7) is 4.27. The highest BCUT2D eigenvalue weighted by Gasteiger charge is 2.11. The summed E-state index contributed by atoms with van der Waals surface area (Å²) in [5, 5.41) is 7.49. The molecule has 2 rings (SSSR count). The number of rotatable bonds is 2. The summed E-state index contributed by atoms with van der Waals surface area (Å²) >= 11 is 2.03. The predicted molar refractivity (Wildman–Crippen MR) is 76.4 cm³/mol. The monoisotopic (exact) mass is 249 g/mol. The van der Waals surface area contributed by atoms with Gasteiger partial charge in [-0.1, -0.05) is 0 Å². The van der Waals surface area contributed by atoms with Crippen molar-refractivity contribution in [1.82, 2.24) is 0 Å². The number of nitrogen functional groups attached to an aromatic ring is 1. The van der Waals surface area contributed by atoms with E-state index in [0.717, 1.165) is 24.2 Å². The van der Waals surface area contributed by atoms with Crippen LogP contribution in [0.25, 0.3) is 0 Å². The molecule has 0 bridgehead atoms. The van der Waals surface area contributed by atoms with Gasteiger partial charge in [-0.2, -0.15) is 11.8 Å². The third-order valence-corrected chi connectivity index (χ3v) is 4.14. The zero-order chi connectivity index (χ0) is 12.3. The molecule has 1 aromatic rings. The lowest BCUT2D eigenvalue weighted by Gasteiger charge is -2.23. The maximum Gasteiger partial charge on any atom is 0.123 e. The van der Waals surface area contributed by atoms with Crippen LogP contribution in [0.15, 0.2) is 18.2 Å². The van der Waals surface area contributed by atoms with Crippen LogP contribution in [0.4, 0.5) is 5.69 Å². The Morgan fingerprint density at radius 2 is 2.18 bits per heavy atom. The van der Waals surface area contributed by atoms with Gasteiger partial charge in [0.2, 0.25) is 0 Å². The second-order valence-electron chi connectivity index (χ2n) is 4.37. The molecule has 0 radical (unpaired) electrons. The first-order valence-corrected chi connectivity index (χ1v) is 7.11. The topological polar surface area (TPSA) is 53.1 Å². The number of hydrogen-bond acceptors (Lipinski definition) is 3. The van der Waals surface area contributed by atoms with Crippen molar-refractivity contribution in [3.63, 3.8) is 0 Å². The highest BCUT2D eigenvalue weighted by Crippen LogP contribution is 2.22. The van der Waals surface area contributed by atoms with Gasteiger partial charge in [0.15, 0.2) is 0 Å². The van der Waals surface area contributed by atoms with Gasteiger partial charge in [0, 0.05) is 30.1 Å². The highest BCUT2D eigenvalue weighted by atomic mass is 32.2. The summed E-state index contributed by atoms with van der Waals surface area (Å²) < 4.78 is 0. The Morgan fingerprint density at radius 3 is 2.88 bits per heavy atom. The third kappa shape index (κ3) is 2.94. The lowest BCUT2D eigenvalue weighted by molar-refractivity contribution is 0.816. The second-order valence-corrected chi connectivity index (χ2v) is 5.59. The number of amidine groups is 1. The Bertz CT molecular complexity index is 409. The predicted octanol–water partition coefficient (Wildman–Crippen LogP) is 2.22. The molecule has 1 heterocycles. The standard InChI is InChI=1S/C13H19N3S/c1-10-9-11(3-4-12(10)13(14)15)16-5-2-7-17-8-6-16/h3-4,9H,2,5-8H2,1H3,(H3,14,15). The largest absolute Gasteiger partial charge is 0.384 e. The number of nitrogens with zero attached hydrogens (tertiary/aromatic N) is 1. The molecule has 0 saturated carbocycles. The quantitative estimate of drug-likeness (QED) is 0.624. The molecule has 1 aromatic carbocycles. The summed E-state index contributed by atoms with van der Waals surface area (Å²) in [6.07, 6.45) is 1.25. The zero-order valence-electron chi connectivity index (χ0n) is 10.2. The van der Waals surface area contributed by atoms with E-state index in [0.29, 0.717) is 0 Å². The maximum atomic E-state index is 7.49. The molecule has 0 atom stereocenters. The fraction of sp³-hybridized carbons (Fsp3) is 0.462. The Balaban J connectivity index is 2.21. The SMILES string of the molecule is Cc1cc(N2CCCSCC2)ccc1C(=N)N. The summed E-state index contributed by atoms with van der Waals surface area (Å²) in [6, 6.07) is 6.19. The van der Waals surface area contributed by atoms with Gasteiger partial charge in [-0.25, -0.2) is 0 Å². The molecule has 0 amide bonds. The van der Waals surface area contributed by atoms with Crippen LogP contribution in [-0.2, 0) is 0 Å². The Morgan fingerprint density at radius 1 is 1.35 bits per heavy atom. The molecule has 3 nitrogen and oxygen atoms in total. The molecule has 1 aliphatic heterocycles. The van der Waals surface area contributed by atoms with E-state index < -0.39 is 0 Å². The van der Waals surface area contributed by atoms with Crippen LogP contribution in [0.3, 0.4) is 0 Å². The fourth-order valence-corrected chi connectivity index (χ4v) is 3.04. The van der Waals surface area contributed by atoms with E-state index in [1.807, 2.05) is 24.8 Å². The van der Waals surface area contributed by atoms with Gasteiger partial charge in [0.25, 0.3) is 0 Å². The lowest BCUT2D eigenvalue weighted by atomic mass is 10.1. The summed E-state index contributed by atoms with van der Waals surface area (Å²) in [5.41, 5.74) is 8.73. The molecule has 0 unspecified atom stereocenters. The van der Waals surface area contributed by atoms with Crippen LogP contribution in [-0.4, -0.2) is 30.4 Å². The van der Waals surface area contributed by atoms with Gasteiger partial charge in [-0.05, 0) is 42.9 Å². The Labute approximate surface area is 107 Å². The molecular weight excluding hydrogens is 230 g/mol. The fourth-order valence-electron chi connectivity index (χ4n) is 2.15. The van der Waals surface area contributed by atoms with Crippen LogP contribution in [0.2, 0.25) is 0 Å². The molecule has 1 aliphatic rings. The zero-order valence-corrected chi connectivity index (χ0v) is 11.0. The molecule has 3 N–H and O–H groups in total. The smallest absolute Gasteiger partial charge is 0.123 e. The molecule has 1 saturated heterocycles. The summed E-state index contributed by atoms with van der Waals surface area (Å²) in [5.74, 6) is 2.62. The van der Waals surface area contributed by atoms with Crippen LogP contribution < -0.4 is 10.6 Å². The Kier molecular flexibility index (Phi) is 3.94. The van der Waals surface area contributed by atoms with Gasteiger partial charge in [-0.3, -0.25) is 5.41 Å². The van der Waals surface area contributed by atoms with E-state index in [4.69, 9.17) is 11.1 Å². The minimum atomic E-state index is 0.153. The minimum Gasteiger partial charge on any atom is -0.384 e. The van der Waals surface area contributed by atoms with Crippen molar-refractivity contribution in [1.29, 1.82) is 5.41 Å². The highest BCUT2D eigenvalue weighted by molar-refractivity contribution is 7.99. The molecule has 0 spiro atoms. The number of aryl methyl sites for hydroxylation is 1. The van der Waals surface area contributed by atoms with Crippen molar-refractivity contribution in [3.8, 4) is 0 Å². The van der Waals surface area contributed by atoms with Crippen LogP contribution in [0, 0.1) is 12.3 Å². The molecule has 1 fully saturated rings. The average molecular weight is 249 g/mol. The number of benzene rings is 1. The second kappa shape index (κ2) is 5.45. The van der Waals surface area contributed by atoms with Crippen molar-refractivity contribution in [3.05, 3.63) is 29.3 Å². The molecule has 0 aromatic heterocycles. The van der Waals surface area contributed by atoms with E-state index in [1.165, 1.54) is 23.6 Å². The van der Waals surface area contributed by atoms with E-state index >= 15 is 0 Å². The number of nitrogens with one attached hydrogen (secondary N) is 1. The first-order valence-electron chi connectivity index (χ1n) is 5.96. The number of hydrogen-bond donors (Lipinski definition) is 2. The van der Waals surface area contributed by atoms with E-state index in [-0.39, 0.29) is 5.84 Å². The van der Waals surface area contributed by atoms with Gasteiger partial charge >= 0.3 is 0 Å². The van der Waals surface area contributed by atoms with Gasteiger partial charge in [0.05, 0.1) is 0 Å². The van der Waals surface area contributed by atoms with E-state index in [1.54, 1.807) is 0 Å². The number of nitrogens with two attached hydrogens (primary N) is 1. The first kappa shape index (κ1) is 12.3. The maximum absolute atomic E-state index is 7.49. The van der Waals surface area contributed by atoms with Crippen LogP contribution in [0.1, 0.15) is 17.5 Å². The van der Waals surface area contributed by atoms with Crippen LogP contribution in [0.5, 0.6) is 0 Å². The normalized spacial score (nSPS) is 16.6. The van der Waals surface area contributed by atoms with Crippen molar-refractivity contribution in [2.75, 3.05) is 29.5 Å². The number of anilines is 1. The molecular formula is C13H19N3S. The van der Waals surface area contributed by atoms with Crippen molar-refractivity contribution in [2.24, 2.45) is 5.73 Å². The van der Waals surface area contributed by atoms with Gasteiger partial charge < -0.3 is 10.6 Å². The average Bonchev–Trinajstić information content (AvgIpc) is 2.56. The van der Waals surface area contributed by atoms with Crippen molar-refractivity contribution >= 4 is 23.3 Å². The first-order chi connectivity index (χ1) is 8.18.